The summed E-state index contributed by atoms with van der Waals surface area (Å²) in [7, 11) is 0. The molecule has 0 radical (unpaired) electrons. The maximum atomic E-state index is 5.75. The third kappa shape index (κ3) is 3.92. The Hall–Kier alpha value is -1.58. The number of hydrogen-bond donors (Lipinski definition) is 2. The second-order valence-electron chi connectivity index (χ2n) is 6.43. The average Bonchev–Trinajstić information content (AvgIpc) is 3.54. The molecule has 0 aliphatic carbocycles. The van der Waals surface area contributed by atoms with Crippen LogP contribution in [0.5, 0.6) is 0 Å². The van der Waals surface area contributed by atoms with E-state index in [-0.39, 0.29) is 0 Å². The summed E-state index contributed by atoms with van der Waals surface area (Å²) in [5.41, 5.74) is 11.5. The van der Waals surface area contributed by atoms with E-state index < -0.39 is 0 Å². The summed E-state index contributed by atoms with van der Waals surface area (Å²) in [4.78, 5) is 13.0. The Morgan fingerprint density at radius 2 is 0.621 bits per heavy atom. The fourth-order valence-corrected chi connectivity index (χ4v) is 8.20. The lowest BCUT2D eigenvalue weighted by molar-refractivity contribution is 1.11. The van der Waals surface area contributed by atoms with Gasteiger partial charge < -0.3 is 11.5 Å². The zero-order valence-corrected chi connectivity index (χ0v) is 19.5. The Kier molecular flexibility index (Phi) is 5.53. The van der Waals surface area contributed by atoms with Crippen LogP contribution in [0, 0.1) is 0 Å². The Morgan fingerprint density at radius 1 is 0.379 bits per heavy atom. The van der Waals surface area contributed by atoms with Crippen molar-refractivity contribution in [1.82, 2.24) is 0 Å². The molecule has 0 atom stereocenters. The molecule has 4 N–H and O–H groups in total. The van der Waals surface area contributed by atoms with Crippen LogP contribution in [0.15, 0.2) is 60.7 Å². The van der Waals surface area contributed by atoms with E-state index in [0.717, 1.165) is 0 Å². The van der Waals surface area contributed by atoms with Crippen molar-refractivity contribution in [2.45, 2.75) is 13.1 Å². The molecule has 0 aromatic carbocycles. The lowest BCUT2D eigenvalue weighted by Gasteiger charge is -1.93. The predicted octanol–water partition coefficient (Wildman–Crippen LogP) is 7.58. The maximum absolute atomic E-state index is 5.75. The highest BCUT2D eigenvalue weighted by molar-refractivity contribution is 7.29. The van der Waals surface area contributed by atoms with Crippen LogP contribution in [0.4, 0.5) is 0 Å². The SMILES string of the molecule is NCc1ccc(-c2ccc(-c3ccc(-c4ccc(-c5ccc(CN)s5)s4)s3)s2)s1. The highest BCUT2D eigenvalue weighted by atomic mass is 32.1. The molecule has 0 unspecified atom stereocenters. The van der Waals surface area contributed by atoms with Crippen LogP contribution in [0.3, 0.4) is 0 Å². The molecule has 146 valence electrons. The number of hydrogen-bond acceptors (Lipinski definition) is 7. The van der Waals surface area contributed by atoms with Gasteiger partial charge in [0, 0.05) is 61.9 Å². The highest BCUT2D eigenvalue weighted by Crippen LogP contribution is 2.44. The van der Waals surface area contributed by atoms with Crippen LogP contribution in [0.25, 0.3) is 39.0 Å². The normalized spacial score (nSPS) is 11.4. The summed E-state index contributed by atoms with van der Waals surface area (Å²) in [5.74, 6) is 0. The lowest BCUT2D eigenvalue weighted by atomic mass is 10.3. The molecular weight excluding hydrogens is 453 g/mol. The largest absolute Gasteiger partial charge is 0.326 e. The van der Waals surface area contributed by atoms with E-state index in [0.29, 0.717) is 13.1 Å². The van der Waals surface area contributed by atoms with Gasteiger partial charge in [-0.05, 0) is 60.7 Å². The van der Waals surface area contributed by atoms with E-state index in [1.807, 2.05) is 34.0 Å². The monoisotopic (exact) mass is 470 g/mol. The molecule has 5 aromatic rings. The summed E-state index contributed by atoms with van der Waals surface area (Å²) < 4.78 is 0. The quantitative estimate of drug-likeness (QED) is 0.269. The summed E-state index contributed by atoms with van der Waals surface area (Å²) in [6.07, 6.45) is 0. The minimum Gasteiger partial charge on any atom is -0.326 e. The van der Waals surface area contributed by atoms with Crippen LogP contribution in [0.2, 0.25) is 0 Å². The smallest absolute Gasteiger partial charge is 0.0449 e. The van der Waals surface area contributed by atoms with E-state index in [2.05, 4.69) is 60.7 Å². The Labute approximate surface area is 189 Å². The van der Waals surface area contributed by atoms with Crippen molar-refractivity contribution < 1.29 is 0 Å². The van der Waals surface area contributed by atoms with Crippen molar-refractivity contribution in [3.05, 3.63) is 70.4 Å². The van der Waals surface area contributed by atoms with Crippen LogP contribution in [-0.4, -0.2) is 0 Å². The fraction of sp³-hybridized carbons (Fsp3) is 0.0909. The first-order valence-electron chi connectivity index (χ1n) is 9.12. The van der Waals surface area contributed by atoms with Crippen molar-refractivity contribution in [2.24, 2.45) is 11.5 Å². The number of rotatable bonds is 6. The minimum absolute atomic E-state index is 0.610. The third-order valence-corrected chi connectivity index (χ3v) is 10.8. The molecular formula is C22H18N2S5. The van der Waals surface area contributed by atoms with Crippen LogP contribution in [0.1, 0.15) is 9.75 Å². The van der Waals surface area contributed by atoms with E-state index in [9.17, 15) is 0 Å². The van der Waals surface area contributed by atoms with Crippen molar-refractivity contribution in [2.75, 3.05) is 0 Å². The van der Waals surface area contributed by atoms with E-state index in [1.165, 1.54) is 48.8 Å². The average molecular weight is 471 g/mol. The Morgan fingerprint density at radius 3 is 0.862 bits per heavy atom. The zero-order valence-electron chi connectivity index (χ0n) is 15.4. The first kappa shape index (κ1) is 19.4. The van der Waals surface area contributed by atoms with Gasteiger partial charge in [0.2, 0.25) is 0 Å². The molecule has 0 aliphatic heterocycles. The molecule has 2 nitrogen and oxygen atoms in total. The molecule has 0 bridgehead atoms. The zero-order chi connectivity index (χ0) is 19.8. The van der Waals surface area contributed by atoms with Crippen molar-refractivity contribution in [3.8, 4) is 39.0 Å². The molecule has 0 spiro atoms. The second kappa shape index (κ2) is 8.28. The van der Waals surface area contributed by atoms with Crippen molar-refractivity contribution in [1.29, 1.82) is 0 Å². The molecule has 29 heavy (non-hydrogen) atoms. The molecule has 0 saturated carbocycles. The van der Waals surface area contributed by atoms with Gasteiger partial charge in [0.15, 0.2) is 0 Å². The molecule has 7 heteroatoms. The summed E-state index contributed by atoms with van der Waals surface area (Å²) in [6, 6.07) is 22.0. The summed E-state index contributed by atoms with van der Waals surface area (Å²) in [5, 5.41) is 0. The van der Waals surface area contributed by atoms with Gasteiger partial charge in [0.1, 0.15) is 0 Å². The minimum atomic E-state index is 0.610. The van der Waals surface area contributed by atoms with Crippen LogP contribution < -0.4 is 11.5 Å². The van der Waals surface area contributed by atoms with Crippen molar-refractivity contribution in [3.63, 3.8) is 0 Å². The topological polar surface area (TPSA) is 52.0 Å². The predicted molar refractivity (Wildman–Crippen MR) is 133 cm³/mol. The van der Waals surface area contributed by atoms with Gasteiger partial charge >= 0.3 is 0 Å². The molecule has 0 fully saturated rings. The van der Waals surface area contributed by atoms with Gasteiger partial charge in [-0.25, -0.2) is 0 Å². The molecule has 0 saturated heterocycles. The molecule has 5 aromatic heterocycles. The lowest BCUT2D eigenvalue weighted by Crippen LogP contribution is -1.90. The summed E-state index contributed by atoms with van der Waals surface area (Å²) in [6.45, 7) is 1.22. The van der Waals surface area contributed by atoms with Crippen molar-refractivity contribution >= 4 is 56.7 Å². The fourth-order valence-electron chi connectivity index (χ4n) is 3.05. The van der Waals surface area contributed by atoms with E-state index in [4.69, 9.17) is 11.5 Å². The van der Waals surface area contributed by atoms with Crippen LogP contribution in [-0.2, 0) is 13.1 Å². The van der Waals surface area contributed by atoms with Gasteiger partial charge in [-0.2, -0.15) is 0 Å². The van der Waals surface area contributed by atoms with Gasteiger partial charge in [-0.3, -0.25) is 0 Å². The Balaban J connectivity index is 1.38. The molecule has 5 heterocycles. The standard InChI is InChI=1S/C22H18N2S5/c23-11-13-1-3-15(25-13)17-5-7-19(27-17)21-9-10-22(29-21)20-8-6-18(28-20)16-4-2-14(12-24)26-16/h1-10H,11-12,23-24H2. The number of thiophene rings is 5. The molecule has 5 rings (SSSR count). The highest BCUT2D eigenvalue weighted by Gasteiger charge is 2.12. The van der Waals surface area contributed by atoms with Gasteiger partial charge in [0.05, 0.1) is 0 Å². The first-order chi connectivity index (χ1) is 14.2. The van der Waals surface area contributed by atoms with E-state index >= 15 is 0 Å². The Bertz CT molecular complexity index is 1150. The molecule has 0 amide bonds. The first-order valence-corrected chi connectivity index (χ1v) is 13.2. The summed E-state index contributed by atoms with van der Waals surface area (Å²) >= 11 is 9.14. The van der Waals surface area contributed by atoms with Gasteiger partial charge in [0.25, 0.3) is 0 Å². The van der Waals surface area contributed by atoms with Crippen LogP contribution >= 0.6 is 56.7 Å². The maximum Gasteiger partial charge on any atom is 0.0449 e. The van der Waals surface area contributed by atoms with Gasteiger partial charge in [-0.1, -0.05) is 0 Å². The second-order valence-corrected chi connectivity index (χ2v) is 12.0. The van der Waals surface area contributed by atoms with Gasteiger partial charge in [-0.15, -0.1) is 56.7 Å². The number of nitrogens with two attached hydrogens (primary N) is 2. The third-order valence-electron chi connectivity index (χ3n) is 4.52. The molecule has 0 aliphatic rings. The van der Waals surface area contributed by atoms with E-state index in [1.54, 1.807) is 22.7 Å².